The van der Waals surface area contributed by atoms with Gasteiger partial charge in [0.15, 0.2) is 0 Å². The van der Waals surface area contributed by atoms with E-state index >= 15 is 0 Å². The van der Waals surface area contributed by atoms with Crippen molar-refractivity contribution in [3.63, 3.8) is 0 Å². The molecule has 4 nitrogen and oxygen atoms in total. The summed E-state index contributed by atoms with van der Waals surface area (Å²) in [5.74, 6) is 1.06. The molecular formula is C12H22N4. The normalized spacial score (nSPS) is 19.1. The molecule has 0 radical (unpaired) electrons. The largest absolute Gasteiger partial charge is 0.305 e. The van der Waals surface area contributed by atoms with Gasteiger partial charge in [-0.2, -0.15) is 5.10 Å². The maximum atomic E-state index is 4.32. The number of aryl methyl sites for hydroxylation is 1. The van der Waals surface area contributed by atoms with Gasteiger partial charge in [-0.1, -0.05) is 19.8 Å². The van der Waals surface area contributed by atoms with Crippen LogP contribution in [0.2, 0.25) is 0 Å². The molecule has 1 aliphatic carbocycles. The fraction of sp³-hybridized carbons (Fsp3) is 0.833. The van der Waals surface area contributed by atoms with Gasteiger partial charge in [-0.3, -0.25) is 0 Å². The number of nitrogens with one attached hydrogen (secondary N) is 1. The molecular weight excluding hydrogens is 200 g/mol. The molecule has 0 bridgehead atoms. The zero-order valence-electron chi connectivity index (χ0n) is 10.4. The van der Waals surface area contributed by atoms with Crippen molar-refractivity contribution in [2.45, 2.75) is 64.6 Å². The predicted molar refractivity (Wildman–Crippen MR) is 64.0 cm³/mol. The number of aromatic nitrogens is 3. The van der Waals surface area contributed by atoms with Gasteiger partial charge in [-0.05, 0) is 26.2 Å². The molecule has 1 aromatic rings. The lowest BCUT2D eigenvalue weighted by atomic mass is 10.0. The summed E-state index contributed by atoms with van der Waals surface area (Å²) >= 11 is 0. The van der Waals surface area contributed by atoms with E-state index in [-0.39, 0.29) is 0 Å². The third kappa shape index (κ3) is 2.61. The van der Waals surface area contributed by atoms with Gasteiger partial charge in [0.2, 0.25) is 0 Å². The van der Waals surface area contributed by atoms with E-state index in [4.69, 9.17) is 0 Å². The first-order chi connectivity index (χ1) is 7.73. The Labute approximate surface area is 97.5 Å². The van der Waals surface area contributed by atoms with Crippen LogP contribution in [-0.4, -0.2) is 20.3 Å². The Morgan fingerprint density at radius 3 is 2.88 bits per heavy atom. The van der Waals surface area contributed by atoms with Crippen molar-refractivity contribution < 1.29 is 0 Å². The van der Waals surface area contributed by atoms with Crippen LogP contribution < -0.4 is 5.32 Å². The zero-order valence-corrected chi connectivity index (χ0v) is 10.4. The molecule has 1 aromatic heterocycles. The summed E-state index contributed by atoms with van der Waals surface area (Å²) in [5, 5.41) is 7.88. The van der Waals surface area contributed by atoms with E-state index in [0.717, 1.165) is 25.3 Å². The Morgan fingerprint density at radius 2 is 2.19 bits per heavy atom. The van der Waals surface area contributed by atoms with Crippen LogP contribution in [0.15, 0.2) is 6.33 Å². The Morgan fingerprint density at radius 1 is 1.44 bits per heavy atom. The summed E-state index contributed by atoms with van der Waals surface area (Å²) in [7, 11) is 0. The van der Waals surface area contributed by atoms with Gasteiger partial charge in [-0.25, -0.2) is 9.67 Å². The maximum Gasteiger partial charge on any atom is 0.140 e. The molecule has 0 aliphatic heterocycles. The highest BCUT2D eigenvalue weighted by Gasteiger charge is 2.28. The van der Waals surface area contributed by atoms with Crippen molar-refractivity contribution in [2.24, 2.45) is 0 Å². The molecule has 1 heterocycles. The summed E-state index contributed by atoms with van der Waals surface area (Å²) < 4.78 is 2.01. The van der Waals surface area contributed by atoms with E-state index in [0.29, 0.717) is 5.54 Å². The van der Waals surface area contributed by atoms with Crippen LogP contribution in [0.1, 0.15) is 51.8 Å². The third-order valence-electron chi connectivity index (χ3n) is 3.51. The molecule has 0 unspecified atom stereocenters. The van der Waals surface area contributed by atoms with Crippen LogP contribution in [0.4, 0.5) is 0 Å². The molecule has 0 saturated heterocycles. The van der Waals surface area contributed by atoms with E-state index in [1.165, 1.54) is 25.7 Å². The monoisotopic (exact) mass is 222 g/mol. The van der Waals surface area contributed by atoms with E-state index in [1.54, 1.807) is 6.33 Å². The van der Waals surface area contributed by atoms with Crippen molar-refractivity contribution in [1.82, 2.24) is 20.1 Å². The van der Waals surface area contributed by atoms with Gasteiger partial charge >= 0.3 is 0 Å². The second-order valence-electron chi connectivity index (χ2n) is 5.02. The van der Waals surface area contributed by atoms with Crippen molar-refractivity contribution in [1.29, 1.82) is 0 Å². The first-order valence-corrected chi connectivity index (χ1v) is 6.35. The van der Waals surface area contributed by atoms with Gasteiger partial charge in [0.25, 0.3) is 0 Å². The molecule has 16 heavy (non-hydrogen) atoms. The summed E-state index contributed by atoms with van der Waals surface area (Å²) in [6.07, 6.45) is 8.04. The van der Waals surface area contributed by atoms with Crippen LogP contribution in [0.25, 0.3) is 0 Å². The lowest BCUT2D eigenvalue weighted by Gasteiger charge is -2.25. The molecule has 1 aliphatic rings. The maximum absolute atomic E-state index is 4.32. The molecule has 0 amide bonds. The van der Waals surface area contributed by atoms with E-state index < -0.39 is 0 Å². The molecule has 1 N–H and O–H groups in total. The van der Waals surface area contributed by atoms with Crippen LogP contribution in [0.5, 0.6) is 0 Å². The summed E-state index contributed by atoms with van der Waals surface area (Å²) in [4.78, 5) is 4.32. The fourth-order valence-electron chi connectivity index (χ4n) is 2.45. The average molecular weight is 222 g/mol. The second-order valence-corrected chi connectivity index (χ2v) is 5.02. The zero-order chi connectivity index (χ0) is 11.4. The summed E-state index contributed by atoms with van der Waals surface area (Å²) in [6.45, 7) is 6.29. The topological polar surface area (TPSA) is 42.7 Å². The van der Waals surface area contributed by atoms with E-state index in [1.807, 2.05) is 4.68 Å². The highest BCUT2D eigenvalue weighted by Crippen LogP contribution is 2.28. The number of rotatable bonds is 5. The van der Waals surface area contributed by atoms with Gasteiger partial charge < -0.3 is 5.32 Å². The molecule has 0 spiro atoms. The SMILES string of the molecule is CCCn1ncnc1CNC1(C)CCCC1. The van der Waals surface area contributed by atoms with Crippen LogP contribution in [0, 0.1) is 0 Å². The smallest absolute Gasteiger partial charge is 0.140 e. The quantitative estimate of drug-likeness (QED) is 0.829. The number of hydrogen-bond donors (Lipinski definition) is 1. The van der Waals surface area contributed by atoms with Gasteiger partial charge in [0.05, 0.1) is 6.54 Å². The minimum atomic E-state index is 0.322. The Kier molecular flexibility index (Phi) is 3.59. The van der Waals surface area contributed by atoms with Crippen LogP contribution in [-0.2, 0) is 13.1 Å². The molecule has 1 saturated carbocycles. The van der Waals surface area contributed by atoms with Gasteiger partial charge in [0, 0.05) is 12.1 Å². The first kappa shape index (κ1) is 11.6. The fourth-order valence-corrected chi connectivity index (χ4v) is 2.45. The summed E-state index contributed by atoms with van der Waals surface area (Å²) in [6, 6.07) is 0. The van der Waals surface area contributed by atoms with Crippen molar-refractivity contribution in [3.8, 4) is 0 Å². The second kappa shape index (κ2) is 4.95. The number of nitrogens with zero attached hydrogens (tertiary/aromatic N) is 3. The molecule has 1 fully saturated rings. The number of hydrogen-bond acceptors (Lipinski definition) is 3. The van der Waals surface area contributed by atoms with Crippen molar-refractivity contribution in [2.75, 3.05) is 0 Å². The summed E-state index contributed by atoms with van der Waals surface area (Å²) in [5.41, 5.74) is 0.322. The average Bonchev–Trinajstić information content (AvgIpc) is 2.86. The molecule has 0 aromatic carbocycles. The van der Waals surface area contributed by atoms with Crippen LogP contribution in [0.3, 0.4) is 0 Å². The highest BCUT2D eigenvalue weighted by molar-refractivity contribution is 4.92. The van der Waals surface area contributed by atoms with Gasteiger partial charge in [0.1, 0.15) is 12.2 Å². The molecule has 90 valence electrons. The standard InChI is InChI=1S/C12H22N4/c1-3-8-16-11(13-10-15-16)9-14-12(2)6-4-5-7-12/h10,14H,3-9H2,1-2H3. The highest BCUT2D eigenvalue weighted by atomic mass is 15.3. The molecule has 4 heteroatoms. The lowest BCUT2D eigenvalue weighted by molar-refractivity contribution is 0.352. The Hall–Kier alpha value is -0.900. The van der Waals surface area contributed by atoms with Gasteiger partial charge in [-0.15, -0.1) is 0 Å². The Balaban J connectivity index is 1.91. The van der Waals surface area contributed by atoms with Crippen molar-refractivity contribution >= 4 is 0 Å². The molecule has 0 atom stereocenters. The minimum absolute atomic E-state index is 0.322. The Bertz CT molecular complexity index is 326. The minimum Gasteiger partial charge on any atom is -0.305 e. The lowest BCUT2D eigenvalue weighted by Crippen LogP contribution is -2.39. The van der Waals surface area contributed by atoms with Crippen LogP contribution >= 0.6 is 0 Å². The van der Waals surface area contributed by atoms with E-state index in [2.05, 4.69) is 29.2 Å². The first-order valence-electron chi connectivity index (χ1n) is 6.35. The molecule has 2 rings (SSSR count). The third-order valence-corrected chi connectivity index (χ3v) is 3.51. The van der Waals surface area contributed by atoms with E-state index in [9.17, 15) is 0 Å². The van der Waals surface area contributed by atoms with Crippen molar-refractivity contribution in [3.05, 3.63) is 12.2 Å². The predicted octanol–water partition coefficient (Wildman–Crippen LogP) is 2.11.